The number of Topliss-reactive ketones (excluding diaryl/α,β-unsaturated/α-hetero) is 1. The van der Waals surface area contributed by atoms with Crippen LogP contribution in [0.3, 0.4) is 0 Å². The number of nitrogens with zero attached hydrogens (tertiary/aromatic N) is 2. The lowest BCUT2D eigenvalue weighted by Crippen LogP contribution is -2.24. The molecule has 3 heteroatoms. The quantitative estimate of drug-likeness (QED) is 0.430. The third-order valence-corrected chi connectivity index (χ3v) is 6.16. The van der Waals surface area contributed by atoms with Gasteiger partial charge in [-0.25, -0.2) is 0 Å². The maximum atomic E-state index is 13.8. The lowest BCUT2D eigenvalue weighted by atomic mass is 9.83. The van der Waals surface area contributed by atoms with E-state index in [-0.39, 0.29) is 17.6 Å². The monoisotopic (exact) mass is 392 g/mol. The van der Waals surface area contributed by atoms with Crippen LogP contribution < -0.4 is 0 Å². The molecule has 1 saturated heterocycles. The van der Waals surface area contributed by atoms with E-state index in [0.29, 0.717) is 0 Å². The van der Waals surface area contributed by atoms with Gasteiger partial charge in [0.15, 0.2) is 5.78 Å². The number of hydrogen-bond donors (Lipinski definition) is 0. The molecule has 4 aromatic rings. The molecular weight excluding hydrogens is 368 g/mol. The number of pyridine rings is 1. The molecule has 0 unspecified atom stereocenters. The summed E-state index contributed by atoms with van der Waals surface area (Å²) in [5, 5.41) is 2.00. The molecule has 0 spiro atoms. The fraction of sp³-hybridized carbons (Fsp3) is 0.185. The molecule has 0 aliphatic carbocycles. The van der Waals surface area contributed by atoms with E-state index >= 15 is 0 Å². The highest BCUT2D eigenvalue weighted by atomic mass is 16.1. The first-order valence-electron chi connectivity index (χ1n) is 10.5. The van der Waals surface area contributed by atoms with Crippen molar-refractivity contribution in [2.75, 3.05) is 13.1 Å². The van der Waals surface area contributed by atoms with Crippen LogP contribution >= 0.6 is 0 Å². The van der Waals surface area contributed by atoms with Crippen LogP contribution in [-0.4, -0.2) is 28.8 Å². The van der Waals surface area contributed by atoms with E-state index < -0.39 is 0 Å². The van der Waals surface area contributed by atoms with Crippen LogP contribution in [0.2, 0.25) is 0 Å². The summed E-state index contributed by atoms with van der Waals surface area (Å²) in [5.41, 5.74) is 3.34. The van der Waals surface area contributed by atoms with Crippen molar-refractivity contribution in [2.24, 2.45) is 5.92 Å². The van der Waals surface area contributed by atoms with Gasteiger partial charge in [0.05, 0.1) is 0 Å². The number of aromatic nitrogens is 1. The molecule has 5 rings (SSSR count). The third kappa shape index (κ3) is 3.64. The molecule has 3 nitrogen and oxygen atoms in total. The second-order valence-corrected chi connectivity index (χ2v) is 8.07. The van der Waals surface area contributed by atoms with Crippen molar-refractivity contribution in [3.05, 3.63) is 114 Å². The summed E-state index contributed by atoms with van der Waals surface area (Å²) >= 11 is 0. The summed E-state index contributed by atoms with van der Waals surface area (Å²) in [7, 11) is 0. The van der Waals surface area contributed by atoms with Gasteiger partial charge in [0.2, 0.25) is 0 Å². The van der Waals surface area contributed by atoms with E-state index in [1.54, 1.807) is 6.20 Å². The highest BCUT2D eigenvalue weighted by Crippen LogP contribution is 2.36. The van der Waals surface area contributed by atoms with Gasteiger partial charge < -0.3 is 0 Å². The first kappa shape index (κ1) is 18.7. The maximum absolute atomic E-state index is 13.8. The first-order valence-corrected chi connectivity index (χ1v) is 10.5. The lowest BCUT2D eigenvalue weighted by Gasteiger charge is -2.18. The van der Waals surface area contributed by atoms with Crippen molar-refractivity contribution >= 4 is 16.6 Å². The summed E-state index contributed by atoms with van der Waals surface area (Å²) in [6.07, 6.45) is 3.60. The summed E-state index contributed by atoms with van der Waals surface area (Å²) in [6.45, 7) is 2.53. The Bertz CT molecular complexity index is 1150. The normalized spacial score (nSPS) is 19.2. The number of carbonyl (C=O) groups is 1. The van der Waals surface area contributed by atoms with Crippen molar-refractivity contribution < 1.29 is 4.79 Å². The number of benzene rings is 3. The van der Waals surface area contributed by atoms with Gasteiger partial charge in [-0.1, -0.05) is 78.9 Å². The number of likely N-dealkylation sites (tertiary alicyclic amines) is 1. The smallest absolute Gasteiger partial charge is 0.168 e. The molecule has 2 heterocycles. The highest BCUT2D eigenvalue weighted by Gasteiger charge is 2.38. The molecule has 0 N–H and O–H groups in total. The molecule has 30 heavy (non-hydrogen) atoms. The third-order valence-electron chi connectivity index (χ3n) is 6.16. The average Bonchev–Trinajstić information content (AvgIpc) is 3.23. The fourth-order valence-electron chi connectivity index (χ4n) is 4.70. The summed E-state index contributed by atoms with van der Waals surface area (Å²) < 4.78 is 0. The Balaban J connectivity index is 1.49. The summed E-state index contributed by atoms with van der Waals surface area (Å²) in [4.78, 5) is 20.4. The van der Waals surface area contributed by atoms with E-state index in [4.69, 9.17) is 0 Å². The molecule has 1 aliphatic rings. The minimum absolute atomic E-state index is 0.0603. The van der Waals surface area contributed by atoms with Gasteiger partial charge in [-0.15, -0.1) is 0 Å². The van der Waals surface area contributed by atoms with Crippen LogP contribution in [0.25, 0.3) is 10.8 Å². The van der Waals surface area contributed by atoms with Crippen LogP contribution in [0.1, 0.15) is 27.4 Å². The van der Waals surface area contributed by atoms with Crippen LogP contribution in [-0.2, 0) is 6.54 Å². The standard InChI is InChI=1S/C27H24N2O/c30-27(24-13-7-12-22-16-28-15-14-23(22)24)26-19-29(17-20-8-3-1-4-9-20)18-25(26)21-10-5-2-6-11-21/h1-16,25-26H,17-19H2/t25-,26+/m0/s1. The van der Waals surface area contributed by atoms with Crippen LogP contribution in [0.5, 0.6) is 0 Å². The molecule has 3 aromatic carbocycles. The Morgan fingerprint density at radius 1 is 0.867 bits per heavy atom. The van der Waals surface area contributed by atoms with Gasteiger partial charge in [0.25, 0.3) is 0 Å². The second kappa shape index (κ2) is 8.21. The molecule has 148 valence electrons. The Morgan fingerprint density at radius 3 is 2.43 bits per heavy atom. The van der Waals surface area contributed by atoms with Crippen molar-refractivity contribution in [1.29, 1.82) is 0 Å². The molecule has 0 saturated carbocycles. The van der Waals surface area contributed by atoms with Crippen molar-refractivity contribution in [3.8, 4) is 0 Å². The summed E-state index contributed by atoms with van der Waals surface area (Å²) in [6, 6.07) is 28.9. The SMILES string of the molecule is O=C(c1cccc2cnccc12)[C@@H]1CN(Cc2ccccc2)C[C@H]1c1ccccc1. The molecular formula is C27H24N2O. The minimum atomic E-state index is -0.0603. The Morgan fingerprint density at radius 2 is 1.63 bits per heavy atom. The Labute approximate surface area is 177 Å². The lowest BCUT2D eigenvalue weighted by molar-refractivity contribution is 0.0915. The molecule has 0 amide bonds. The predicted molar refractivity (Wildman–Crippen MR) is 120 cm³/mol. The molecule has 1 aromatic heterocycles. The largest absolute Gasteiger partial charge is 0.298 e. The van der Waals surface area contributed by atoms with Crippen LogP contribution in [0, 0.1) is 5.92 Å². The zero-order valence-electron chi connectivity index (χ0n) is 16.8. The van der Waals surface area contributed by atoms with Gasteiger partial charge in [-0.2, -0.15) is 0 Å². The van der Waals surface area contributed by atoms with Gasteiger partial charge >= 0.3 is 0 Å². The molecule has 0 bridgehead atoms. The van der Waals surface area contributed by atoms with Gasteiger partial charge in [0.1, 0.15) is 0 Å². The maximum Gasteiger partial charge on any atom is 0.168 e. The number of hydrogen-bond acceptors (Lipinski definition) is 3. The Hall–Kier alpha value is -3.30. The van der Waals surface area contributed by atoms with Crippen LogP contribution in [0.4, 0.5) is 0 Å². The van der Waals surface area contributed by atoms with Crippen molar-refractivity contribution in [2.45, 2.75) is 12.5 Å². The zero-order valence-corrected chi connectivity index (χ0v) is 16.8. The molecule has 2 atom stereocenters. The predicted octanol–water partition coefficient (Wildman–Crippen LogP) is 5.33. The molecule has 0 radical (unpaired) electrons. The van der Waals surface area contributed by atoms with Crippen molar-refractivity contribution in [1.82, 2.24) is 9.88 Å². The van der Waals surface area contributed by atoms with Crippen LogP contribution in [0.15, 0.2) is 97.3 Å². The topological polar surface area (TPSA) is 33.2 Å². The average molecular weight is 393 g/mol. The number of ketones is 1. The highest BCUT2D eigenvalue weighted by molar-refractivity contribution is 6.09. The zero-order chi connectivity index (χ0) is 20.3. The van der Waals surface area contributed by atoms with Gasteiger partial charge in [0, 0.05) is 54.8 Å². The number of rotatable bonds is 5. The number of carbonyl (C=O) groups excluding carboxylic acids is 1. The van der Waals surface area contributed by atoms with Gasteiger partial charge in [-0.3, -0.25) is 14.7 Å². The fourth-order valence-corrected chi connectivity index (χ4v) is 4.70. The summed E-state index contributed by atoms with van der Waals surface area (Å²) in [5.74, 6) is 0.366. The molecule has 1 aliphatic heterocycles. The minimum Gasteiger partial charge on any atom is -0.298 e. The van der Waals surface area contributed by atoms with Gasteiger partial charge in [-0.05, 0) is 22.6 Å². The molecule has 1 fully saturated rings. The van der Waals surface area contributed by atoms with E-state index in [2.05, 4.69) is 58.4 Å². The first-order chi connectivity index (χ1) is 14.8. The van der Waals surface area contributed by atoms with E-state index in [9.17, 15) is 4.79 Å². The van der Waals surface area contributed by atoms with E-state index in [0.717, 1.165) is 36.0 Å². The number of fused-ring (bicyclic) bond motifs is 1. The Kier molecular flexibility index (Phi) is 5.12. The van der Waals surface area contributed by atoms with E-state index in [1.165, 1.54) is 11.1 Å². The van der Waals surface area contributed by atoms with E-state index in [1.807, 2.05) is 42.6 Å². The second-order valence-electron chi connectivity index (χ2n) is 8.07. The van der Waals surface area contributed by atoms with Crippen molar-refractivity contribution in [3.63, 3.8) is 0 Å².